The Bertz CT molecular complexity index is 168. The van der Waals surface area contributed by atoms with Crippen molar-refractivity contribution in [2.24, 2.45) is 4.99 Å². The minimum Gasteiger partial charge on any atom is -0.359 e. The first kappa shape index (κ1) is 6.33. The molecular formula is C7H11N2. The molecule has 0 unspecified atom stereocenters. The second-order valence-electron chi connectivity index (χ2n) is 2.38. The van der Waals surface area contributed by atoms with Crippen molar-refractivity contribution in [1.29, 1.82) is 0 Å². The quantitative estimate of drug-likeness (QED) is 0.470. The Morgan fingerprint density at radius 3 is 2.89 bits per heavy atom. The molecule has 0 saturated heterocycles. The average Bonchev–Trinajstić information content (AvgIpc) is 1.80. The minimum absolute atomic E-state index is 0.848. The van der Waals surface area contributed by atoms with Crippen LogP contribution in [0.25, 0.3) is 0 Å². The molecule has 1 radical (unpaired) electrons. The van der Waals surface area contributed by atoms with Crippen LogP contribution in [0.5, 0.6) is 0 Å². The topological polar surface area (TPSA) is 15.6 Å². The summed E-state index contributed by atoms with van der Waals surface area (Å²) < 4.78 is 0. The maximum absolute atomic E-state index is 4.06. The van der Waals surface area contributed by atoms with E-state index in [9.17, 15) is 0 Å². The number of aliphatic imine (C=N–C) groups is 1. The number of nitrogens with zero attached hydrogens (tertiary/aromatic N) is 2. The monoisotopic (exact) mass is 123 g/mol. The first-order chi connectivity index (χ1) is 4.20. The molecule has 9 heavy (non-hydrogen) atoms. The van der Waals surface area contributed by atoms with Gasteiger partial charge in [0.1, 0.15) is 5.84 Å². The predicted octanol–water partition coefficient (Wildman–Crippen LogP) is 1.07. The number of likely N-dealkylation sites (N-methyl/N-ethyl adjacent to an activating group) is 1. The van der Waals surface area contributed by atoms with Crippen LogP contribution in [0.2, 0.25) is 0 Å². The predicted molar refractivity (Wildman–Crippen MR) is 39.2 cm³/mol. The SMILES string of the molecule is [CH2]C1=NC=C(C)CN1C. The van der Waals surface area contributed by atoms with Crippen molar-refractivity contribution in [3.8, 4) is 0 Å². The summed E-state index contributed by atoms with van der Waals surface area (Å²) in [5.41, 5.74) is 1.28. The molecule has 0 bridgehead atoms. The highest BCUT2D eigenvalue weighted by molar-refractivity contribution is 5.87. The van der Waals surface area contributed by atoms with Crippen molar-refractivity contribution in [3.05, 3.63) is 18.7 Å². The van der Waals surface area contributed by atoms with Crippen molar-refractivity contribution < 1.29 is 0 Å². The lowest BCUT2D eigenvalue weighted by molar-refractivity contribution is 0.542. The van der Waals surface area contributed by atoms with E-state index < -0.39 is 0 Å². The highest BCUT2D eigenvalue weighted by Gasteiger charge is 2.04. The fourth-order valence-corrected chi connectivity index (χ4v) is 0.789. The summed E-state index contributed by atoms with van der Waals surface area (Å²) in [5, 5.41) is 0. The number of rotatable bonds is 0. The van der Waals surface area contributed by atoms with E-state index in [0.717, 1.165) is 12.4 Å². The maximum atomic E-state index is 4.06. The van der Waals surface area contributed by atoms with E-state index in [4.69, 9.17) is 0 Å². The number of amidine groups is 1. The Morgan fingerprint density at radius 2 is 2.44 bits per heavy atom. The fourth-order valence-electron chi connectivity index (χ4n) is 0.789. The maximum Gasteiger partial charge on any atom is 0.105 e. The Hall–Kier alpha value is -0.790. The summed E-state index contributed by atoms with van der Waals surface area (Å²) >= 11 is 0. The van der Waals surface area contributed by atoms with Crippen LogP contribution in [0.3, 0.4) is 0 Å². The largest absolute Gasteiger partial charge is 0.359 e. The molecule has 1 aliphatic rings. The van der Waals surface area contributed by atoms with Crippen LogP contribution < -0.4 is 0 Å². The Balaban J connectivity index is 2.74. The van der Waals surface area contributed by atoms with Gasteiger partial charge in [-0.2, -0.15) is 0 Å². The molecule has 0 saturated carbocycles. The number of hydrogen-bond donors (Lipinski definition) is 0. The van der Waals surface area contributed by atoms with Gasteiger partial charge in [-0.1, -0.05) is 0 Å². The van der Waals surface area contributed by atoms with E-state index in [1.54, 1.807) is 0 Å². The molecule has 0 fully saturated rings. The Kier molecular flexibility index (Phi) is 1.56. The first-order valence-corrected chi connectivity index (χ1v) is 2.96. The molecular weight excluding hydrogens is 112 g/mol. The van der Waals surface area contributed by atoms with Gasteiger partial charge in [0.25, 0.3) is 0 Å². The van der Waals surface area contributed by atoms with E-state index in [-0.39, 0.29) is 0 Å². The summed E-state index contributed by atoms with van der Waals surface area (Å²) in [6.07, 6.45) is 1.86. The second kappa shape index (κ2) is 2.21. The van der Waals surface area contributed by atoms with Crippen LogP contribution in [0, 0.1) is 6.92 Å². The second-order valence-corrected chi connectivity index (χ2v) is 2.38. The van der Waals surface area contributed by atoms with Crippen molar-refractivity contribution in [1.82, 2.24) is 4.90 Å². The lowest BCUT2D eigenvalue weighted by atomic mass is 10.3. The van der Waals surface area contributed by atoms with Crippen molar-refractivity contribution >= 4 is 5.84 Å². The molecule has 0 atom stereocenters. The Morgan fingerprint density at radius 1 is 1.78 bits per heavy atom. The van der Waals surface area contributed by atoms with Crippen LogP contribution in [0.4, 0.5) is 0 Å². The van der Waals surface area contributed by atoms with Gasteiger partial charge in [0, 0.05) is 26.7 Å². The van der Waals surface area contributed by atoms with Crippen molar-refractivity contribution in [2.75, 3.05) is 13.6 Å². The Labute approximate surface area is 55.9 Å². The molecule has 1 heterocycles. The van der Waals surface area contributed by atoms with Gasteiger partial charge in [-0.25, -0.2) is 4.99 Å². The molecule has 0 aromatic rings. The standard InChI is InChI=1S/C7H11N2/c1-6-4-8-7(2)9(3)5-6/h4H,2,5H2,1,3H3. The van der Waals surface area contributed by atoms with E-state index in [0.29, 0.717) is 0 Å². The zero-order valence-electron chi connectivity index (χ0n) is 5.89. The highest BCUT2D eigenvalue weighted by atomic mass is 15.2. The van der Waals surface area contributed by atoms with E-state index >= 15 is 0 Å². The van der Waals surface area contributed by atoms with E-state index in [1.807, 2.05) is 18.1 Å². The van der Waals surface area contributed by atoms with Crippen LogP contribution >= 0.6 is 0 Å². The van der Waals surface area contributed by atoms with Gasteiger partial charge >= 0.3 is 0 Å². The molecule has 49 valence electrons. The van der Waals surface area contributed by atoms with Crippen LogP contribution in [0.15, 0.2) is 16.8 Å². The molecule has 0 N–H and O–H groups in total. The minimum atomic E-state index is 0.848. The van der Waals surface area contributed by atoms with Gasteiger partial charge in [-0.05, 0) is 12.5 Å². The molecule has 0 aromatic heterocycles. The van der Waals surface area contributed by atoms with Gasteiger partial charge < -0.3 is 4.90 Å². The summed E-state index contributed by atoms with van der Waals surface area (Å²) in [7, 11) is 1.99. The normalized spacial score (nSPS) is 19.2. The lowest BCUT2D eigenvalue weighted by Crippen LogP contribution is -2.28. The summed E-state index contributed by atoms with van der Waals surface area (Å²) in [5.74, 6) is 0.848. The van der Waals surface area contributed by atoms with Crippen LogP contribution in [-0.2, 0) is 0 Å². The molecule has 1 aliphatic heterocycles. The van der Waals surface area contributed by atoms with Gasteiger partial charge in [0.05, 0.1) is 0 Å². The zero-order valence-corrected chi connectivity index (χ0v) is 5.89. The van der Waals surface area contributed by atoms with Gasteiger partial charge in [0.15, 0.2) is 0 Å². The lowest BCUT2D eigenvalue weighted by Gasteiger charge is -2.21. The number of hydrogen-bond acceptors (Lipinski definition) is 2. The molecule has 2 nitrogen and oxygen atoms in total. The van der Waals surface area contributed by atoms with Crippen molar-refractivity contribution in [2.45, 2.75) is 6.92 Å². The smallest absolute Gasteiger partial charge is 0.105 e. The zero-order chi connectivity index (χ0) is 6.85. The summed E-state index contributed by atoms with van der Waals surface area (Å²) in [6, 6.07) is 0. The average molecular weight is 123 g/mol. The van der Waals surface area contributed by atoms with E-state index in [1.165, 1.54) is 5.57 Å². The van der Waals surface area contributed by atoms with Gasteiger partial charge in [-0.3, -0.25) is 0 Å². The molecule has 2 heteroatoms. The molecule has 0 spiro atoms. The van der Waals surface area contributed by atoms with Crippen LogP contribution in [-0.4, -0.2) is 24.3 Å². The summed E-state index contributed by atoms with van der Waals surface area (Å²) in [4.78, 5) is 6.08. The third kappa shape index (κ3) is 1.31. The highest BCUT2D eigenvalue weighted by Crippen LogP contribution is 2.03. The van der Waals surface area contributed by atoms with Gasteiger partial charge in [0.2, 0.25) is 0 Å². The van der Waals surface area contributed by atoms with E-state index in [2.05, 4.69) is 18.8 Å². The molecule has 0 aromatic carbocycles. The van der Waals surface area contributed by atoms with Gasteiger partial charge in [-0.15, -0.1) is 0 Å². The third-order valence-electron chi connectivity index (χ3n) is 1.36. The molecule has 1 rings (SSSR count). The first-order valence-electron chi connectivity index (χ1n) is 2.96. The molecule has 0 amide bonds. The van der Waals surface area contributed by atoms with Crippen molar-refractivity contribution in [3.63, 3.8) is 0 Å². The third-order valence-corrected chi connectivity index (χ3v) is 1.36. The summed E-state index contributed by atoms with van der Waals surface area (Å²) in [6.45, 7) is 6.77. The van der Waals surface area contributed by atoms with Crippen LogP contribution in [0.1, 0.15) is 6.92 Å². The fraction of sp³-hybridized carbons (Fsp3) is 0.429. The molecule has 0 aliphatic carbocycles.